The molecule has 3 aromatic carbocycles. The molecule has 1 amide bonds. The Morgan fingerprint density at radius 3 is 2.44 bits per heavy atom. The number of sulfonamides is 1. The molecule has 0 aromatic heterocycles. The van der Waals surface area contributed by atoms with Crippen LogP contribution in [-0.4, -0.2) is 36.3 Å². The van der Waals surface area contributed by atoms with Crippen LogP contribution in [0.15, 0.2) is 82.8 Å². The third-order valence-electron chi connectivity index (χ3n) is 4.56. The van der Waals surface area contributed by atoms with Gasteiger partial charge in [0.05, 0.1) is 22.6 Å². The van der Waals surface area contributed by atoms with Gasteiger partial charge in [0.15, 0.2) is 0 Å². The Labute approximate surface area is 199 Å². The number of benzene rings is 3. The van der Waals surface area contributed by atoms with E-state index in [2.05, 4.69) is 10.5 Å². The van der Waals surface area contributed by atoms with Gasteiger partial charge in [-0.25, -0.2) is 18.2 Å². The van der Waals surface area contributed by atoms with E-state index in [1.807, 2.05) is 0 Å². The number of hydrogen-bond acceptors (Lipinski definition) is 6. The van der Waals surface area contributed by atoms with Gasteiger partial charge < -0.3 is 0 Å². The van der Waals surface area contributed by atoms with Crippen LogP contribution in [-0.2, 0) is 21.4 Å². The van der Waals surface area contributed by atoms with Gasteiger partial charge in [-0.2, -0.15) is 9.41 Å². The molecular weight excluding hydrogens is 487 g/mol. The molecule has 3 aromatic rings. The number of hydrazone groups is 1. The van der Waals surface area contributed by atoms with Gasteiger partial charge in [0.25, 0.3) is 11.6 Å². The normalized spacial score (nSPS) is 11.6. The van der Waals surface area contributed by atoms with Gasteiger partial charge in [-0.1, -0.05) is 41.9 Å². The second-order valence-corrected chi connectivity index (χ2v) is 9.31. The van der Waals surface area contributed by atoms with Gasteiger partial charge in [-0.15, -0.1) is 0 Å². The molecule has 0 aliphatic carbocycles. The average Bonchev–Trinajstić information content (AvgIpc) is 2.80. The zero-order valence-corrected chi connectivity index (χ0v) is 19.0. The lowest BCUT2D eigenvalue weighted by Gasteiger charge is -2.21. The van der Waals surface area contributed by atoms with Gasteiger partial charge >= 0.3 is 0 Å². The fourth-order valence-corrected chi connectivity index (χ4v) is 4.43. The molecule has 0 saturated carbocycles. The van der Waals surface area contributed by atoms with Crippen molar-refractivity contribution in [2.24, 2.45) is 5.10 Å². The maximum atomic E-state index is 13.3. The third-order valence-corrected chi connectivity index (χ3v) is 6.71. The van der Waals surface area contributed by atoms with E-state index in [-0.39, 0.29) is 27.7 Å². The highest BCUT2D eigenvalue weighted by Crippen LogP contribution is 2.21. The SMILES string of the molecule is O=C(CN(Cc1ccccc1)S(=O)(=O)c1ccc(F)cc1)N/N=C\c1cc([N+](=O)[O-])ccc1Cl. The molecule has 0 atom stereocenters. The van der Waals surface area contributed by atoms with Crippen LogP contribution in [0, 0.1) is 15.9 Å². The van der Waals surface area contributed by atoms with Crippen LogP contribution >= 0.6 is 11.6 Å². The number of nitro groups is 1. The summed E-state index contributed by atoms with van der Waals surface area (Å²) in [5.74, 6) is -1.36. The fourth-order valence-electron chi connectivity index (χ4n) is 2.88. The zero-order valence-electron chi connectivity index (χ0n) is 17.5. The molecule has 12 heteroatoms. The van der Waals surface area contributed by atoms with Gasteiger partial charge in [-0.05, 0) is 35.9 Å². The number of nitrogens with zero attached hydrogens (tertiary/aromatic N) is 3. The maximum absolute atomic E-state index is 13.3. The Bertz CT molecular complexity index is 1320. The second-order valence-electron chi connectivity index (χ2n) is 6.97. The van der Waals surface area contributed by atoms with Gasteiger partial charge in [0.1, 0.15) is 5.82 Å². The molecule has 0 bridgehead atoms. The number of nitrogens with one attached hydrogen (secondary N) is 1. The summed E-state index contributed by atoms with van der Waals surface area (Å²) in [4.78, 5) is 22.6. The van der Waals surface area contributed by atoms with Gasteiger partial charge in [-0.3, -0.25) is 14.9 Å². The minimum Gasteiger partial charge on any atom is -0.272 e. The first kappa shape index (κ1) is 25.0. The van der Waals surface area contributed by atoms with Crippen molar-refractivity contribution in [3.05, 3.63) is 105 Å². The highest BCUT2D eigenvalue weighted by molar-refractivity contribution is 7.89. The number of carbonyl (C=O) groups excluding carboxylic acids is 1. The van der Waals surface area contributed by atoms with Gasteiger partial charge in [0.2, 0.25) is 10.0 Å². The molecule has 34 heavy (non-hydrogen) atoms. The maximum Gasteiger partial charge on any atom is 0.270 e. The van der Waals surface area contributed by atoms with E-state index in [1.54, 1.807) is 30.3 Å². The zero-order chi connectivity index (χ0) is 24.7. The molecule has 9 nitrogen and oxygen atoms in total. The number of hydrogen-bond donors (Lipinski definition) is 1. The van der Waals surface area contributed by atoms with Crippen LogP contribution in [0.2, 0.25) is 5.02 Å². The summed E-state index contributed by atoms with van der Waals surface area (Å²) in [5.41, 5.74) is 2.80. The topological polar surface area (TPSA) is 122 Å². The number of nitro benzene ring substituents is 1. The molecule has 0 spiro atoms. The Kier molecular flexibility index (Phi) is 8.05. The van der Waals surface area contributed by atoms with Crippen LogP contribution in [0.25, 0.3) is 0 Å². The van der Waals surface area contributed by atoms with E-state index in [0.29, 0.717) is 5.56 Å². The summed E-state index contributed by atoms with van der Waals surface area (Å²) in [6.45, 7) is -0.705. The summed E-state index contributed by atoms with van der Waals surface area (Å²) in [7, 11) is -4.15. The monoisotopic (exact) mass is 504 g/mol. The minimum atomic E-state index is -4.15. The van der Waals surface area contributed by atoms with Crippen molar-refractivity contribution < 1.29 is 22.5 Å². The molecule has 0 heterocycles. The van der Waals surface area contributed by atoms with E-state index in [0.717, 1.165) is 34.8 Å². The van der Waals surface area contributed by atoms with Crippen molar-refractivity contribution in [3.8, 4) is 0 Å². The van der Waals surface area contributed by atoms with Crippen molar-refractivity contribution >= 4 is 39.4 Å². The highest BCUT2D eigenvalue weighted by atomic mass is 35.5. The molecular formula is C22H18ClFN4O5S. The van der Waals surface area contributed by atoms with Crippen LogP contribution in [0.1, 0.15) is 11.1 Å². The van der Waals surface area contributed by atoms with Crippen molar-refractivity contribution in [1.29, 1.82) is 0 Å². The lowest BCUT2D eigenvalue weighted by atomic mass is 10.2. The summed E-state index contributed by atoms with van der Waals surface area (Å²) < 4.78 is 40.5. The van der Waals surface area contributed by atoms with E-state index in [9.17, 15) is 27.7 Å². The van der Waals surface area contributed by atoms with Gasteiger partial charge in [0, 0.05) is 29.3 Å². The number of amides is 1. The minimum absolute atomic E-state index is 0.117. The fraction of sp³-hybridized carbons (Fsp3) is 0.0909. The summed E-state index contributed by atoms with van der Waals surface area (Å²) in [6.07, 6.45) is 1.11. The number of halogens is 2. The molecule has 0 aliphatic heterocycles. The Hall–Kier alpha value is -3.67. The lowest BCUT2D eigenvalue weighted by Crippen LogP contribution is -2.39. The first-order chi connectivity index (χ1) is 16.2. The number of rotatable bonds is 9. The first-order valence-corrected chi connectivity index (χ1v) is 11.5. The summed E-state index contributed by atoms with van der Waals surface area (Å²) in [5, 5.41) is 14.8. The van der Waals surface area contributed by atoms with Crippen molar-refractivity contribution in [3.63, 3.8) is 0 Å². The van der Waals surface area contributed by atoms with E-state index in [4.69, 9.17) is 11.6 Å². The van der Waals surface area contributed by atoms with Crippen LogP contribution in [0.3, 0.4) is 0 Å². The van der Waals surface area contributed by atoms with Crippen molar-refractivity contribution in [2.45, 2.75) is 11.4 Å². The smallest absolute Gasteiger partial charge is 0.270 e. The Balaban J connectivity index is 1.79. The Morgan fingerprint density at radius 1 is 1.12 bits per heavy atom. The standard InChI is InChI=1S/C22H18ClFN4O5S/c23-21-11-8-19(28(30)31)12-17(21)13-25-26-22(29)15-27(14-16-4-2-1-3-5-16)34(32,33)20-9-6-18(24)7-10-20/h1-13H,14-15H2,(H,26,29)/b25-13-. The molecule has 1 N–H and O–H groups in total. The lowest BCUT2D eigenvalue weighted by molar-refractivity contribution is -0.384. The molecule has 0 unspecified atom stereocenters. The second kappa shape index (κ2) is 11.0. The summed E-state index contributed by atoms with van der Waals surface area (Å²) in [6, 6.07) is 16.6. The van der Waals surface area contributed by atoms with Crippen molar-refractivity contribution in [1.82, 2.24) is 9.73 Å². The number of carbonyl (C=O) groups is 1. The molecule has 0 fully saturated rings. The average molecular weight is 505 g/mol. The van der Waals surface area contributed by atoms with Crippen LogP contribution in [0.4, 0.5) is 10.1 Å². The van der Waals surface area contributed by atoms with E-state index >= 15 is 0 Å². The van der Waals surface area contributed by atoms with Crippen LogP contribution < -0.4 is 5.43 Å². The molecule has 3 rings (SSSR count). The third kappa shape index (κ3) is 6.44. The quantitative estimate of drug-likeness (QED) is 0.270. The van der Waals surface area contributed by atoms with E-state index in [1.165, 1.54) is 18.2 Å². The molecule has 0 saturated heterocycles. The highest BCUT2D eigenvalue weighted by Gasteiger charge is 2.27. The van der Waals surface area contributed by atoms with Crippen LogP contribution in [0.5, 0.6) is 0 Å². The molecule has 0 radical (unpaired) electrons. The molecule has 0 aliphatic rings. The Morgan fingerprint density at radius 2 is 1.79 bits per heavy atom. The van der Waals surface area contributed by atoms with Crippen molar-refractivity contribution in [2.75, 3.05) is 6.54 Å². The first-order valence-electron chi connectivity index (χ1n) is 9.72. The number of non-ortho nitro benzene ring substituents is 1. The largest absolute Gasteiger partial charge is 0.272 e. The van der Waals surface area contributed by atoms with E-state index < -0.39 is 33.2 Å². The predicted octanol–water partition coefficient (Wildman–Crippen LogP) is 3.73. The predicted molar refractivity (Wildman–Crippen MR) is 124 cm³/mol. The molecule has 176 valence electrons. The summed E-state index contributed by atoms with van der Waals surface area (Å²) >= 11 is 5.99.